The average Bonchev–Trinajstić information content (AvgIpc) is 2.82. The monoisotopic (exact) mass is 348 g/mol. The molecule has 2 aliphatic carbocycles. The average molecular weight is 349 g/mol. The minimum atomic E-state index is -0.152. The molecule has 4 atom stereocenters. The first kappa shape index (κ1) is 20.4. The summed E-state index contributed by atoms with van der Waals surface area (Å²) in [5.74, 6) is 1.10. The molecule has 3 unspecified atom stereocenters. The molecule has 25 heavy (non-hydrogen) atoms. The summed E-state index contributed by atoms with van der Waals surface area (Å²) in [5, 5.41) is 0. The summed E-state index contributed by atoms with van der Waals surface area (Å²) >= 11 is 0. The maximum atomic E-state index is 12.6. The Hall–Kier alpha value is -0.960. The van der Waals surface area contributed by atoms with Gasteiger partial charge in [-0.3, -0.25) is 9.59 Å². The van der Waals surface area contributed by atoms with Crippen LogP contribution in [0.4, 0.5) is 0 Å². The predicted octanol–water partition coefficient (Wildman–Crippen LogP) is 5.27. The van der Waals surface area contributed by atoms with Crippen LogP contribution < -0.4 is 0 Å². The van der Waals surface area contributed by atoms with Crippen molar-refractivity contribution in [2.24, 2.45) is 17.3 Å². The molecule has 0 aliphatic heterocycles. The molecule has 0 radical (unpaired) electrons. The van der Waals surface area contributed by atoms with Crippen molar-refractivity contribution in [3.8, 4) is 0 Å². The lowest BCUT2D eigenvalue weighted by Crippen LogP contribution is -2.46. The van der Waals surface area contributed by atoms with Gasteiger partial charge in [-0.15, -0.1) is 6.58 Å². The third-order valence-electron chi connectivity index (χ3n) is 6.23. The molecule has 0 spiro atoms. The van der Waals surface area contributed by atoms with Gasteiger partial charge in [0.25, 0.3) is 0 Å². The first-order chi connectivity index (χ1) is 11.7. The number of fused-ring (bicyclic) bond motifs is 1. The van der Waals surface area contributed by atoms with E-state index in [1.807, 2.05) is 6.08 Å². The second kappa shape index (κ2) is 8.16. The molecule has 0 amide bonds. The van der Waals surface area contributed by atoms with E-state index in [-0.39, 0.29) is 23.0 Å². The molecule has 142 valence electrons. The molecule has 0 heterocycles. The van der Waals surface area contributed by atoms with Gasteiger partial charge in [-0.25, -0.2) is 0 Å². The number of Topliss-reactive ketones (excluding diaryl/α,β-unsaturated/α-hetero) is 2. The topological polar surface area (TPSA) is 43.4 Å². The van der Waals surface area contributed by atoms with Gasteiger partial charge < -0.3 is 4.74 Å². The zero-order valence-corrected chi connectivity index (χ0v) is 16.6. The van der Waals surface area contributed by atoms with E-state index >= 15 is 0 Å². The highest BCUT2D eigenvalue weighted by Gasteiger charge is 2.54. The number of rotatable bonds is 8. The van der Waals surface area contributed by atoms with Gasteiger partial charge in [0, 0.05) is 25.2 Å². The SMILES string of the molecule is C=CCCCC(=O)CCC1C(=O)CC[C@]2(C)C(OC(C)(C)C)CCC12. The number of carbonyl (C=O) groups is 2. The number of unbranched alkanes of at least 4 members (excludes halogenated alkanes) is 1. The third kappa shape index (κ3) is 5.03. The van der Waals surface area contributed by atoms with E-state index in [2.05, 4.69) is 34.3 Å². The smallest absolute Gasteiger partial charge is 0.136 e. The van der Waals surface area contributed by atoms with E-state index in [4.69, 9.17) is 4.74 Å². The molecule has 2 saturated carbocycles. The molecular weight excluding hydrogens is 312 g/mol. The van der Waals surface area contributed by atoms with E-state index < -0.39 is 0 Å². The summed E-state index contributed by atoms with van der Waals surface area (Å²) in [6.07, 6.45) is 9.42. The highest BCUT2D eigenvalue weighted by molar-refractivity contribution is 5.84. The molecule has 0 bridgehead atoms. The quantitative estimate of drug-likeness (QED) is 0.443. The van der Waals surface area contributed by atoms with Crippen LogP contribution in [0.25, 0.3) is 0 Å². The molecule has 0 saturated heterocycles. The molecule has 3 heteroatoms. The van der Waals surface area contributed by atoms with E-state index in [0.717, 1.165) is 38.5 Å². The first-order valence-electron chi connectivity index (χ1n) is 10.0. The van der Waals surface area contributed by atoms with Crippen molar-refractivity contribution in [1.82, 2.24) is 0 Å². The van der Waals surface area contributed by atoms with Crippen molar-refractivity contribution in [2.45, 2.75) is 97.2 Å². The summed E-state index contributed by atoms with van der Waals surface area (Å²) in [6, 6.07) is 0. The number of hydrogen-bond acceptors (Lipinski definition) is 3. The Morgan fingerprint density at radius 3 is 2.68 bits per heavy atom. The molecule has 0 aromatic carbocycles. The van der Waals surface area contributed by atoms with E-state index in [9.17, 15) is 9.59 Å². The number of hydrogen-bond donors (Lipinski definition) is 0. The van der Waals surface area contributed by atoms with Crippen LogP contribution in [-0.2, 0) is 14.3 Å². The van der Waals surface area contributed by atoms with Crippen LogP contribution in [0.5, 0.6) is 0 Å². The molecule has 0 aromatic rings. The Labute approximate surface area is 153 Å². The van der Waals surface area contributed by atoms with Gasteiger partial charge in [0.2, 0.25) is 0 Å². The van der Waals surface area contributed by atoms with Crippen molar-refractivity contribution in [2.75, 3.05) is 0 Å². The van der Waals surface area contributed by atoms with Gasteiger partial charge in [0.1, 0.15) is 11.6 Å². The highest BCUT2D eigenvalue weighted by Crippen LogP contribution is 2.56. The summed E-state index contributed by atoms with van der Waals surface area (Å²) in [4.78, 5) is 24.7. The fourth-order valence-corrected chi connectivity index (χ4v) is 4.91. The van der Waals surface area contributed by atoms with Gasteiger partial charge in [-0.2, -0.15) is 0 Å². The van der Waals surface area contributed by atoms with Crippen LogP contribution in [0, 0.1) is 17.3 Å². The Morgan fingerprint density at radius 1 is 1.32 bits per heavy atom. The molecule has 3 nitrogen and oxygen atoms in total. The molecule has 2 fully saturated rings. The maximum absolute atomic E-state index is 12.6. The van der Waals surface area contributed by atoms with Crippen LogP contribution in [0.15, 0.2) is 12.7 Å². The Bertz CT molecular complexity index is 502. The molecule has 0 aromatic heterocycles. The van der Waals surface area contributed by atoms with E-state index in [1.54, 1.807) is 0 Å². The largest absolute Gasteiger partial charge is 0.372 e. The van der Waals surface area contributed by atoms with Crippen LogP contribution >= 0.6 is 0 Å². The zero-order valence-electron chi connectivity index (χ0n) is 16.6. The van der Waals surface area contributed by atoms with Gasteiger partial charge in [0.05, 0.1) is 11.7 Å². The molecule has 0 N–H and O–H groups in total. The van der Waals surface area contributed by atoms with Crippen molar-refractivity contribution < 1.29 is 14.3 Å². The summed E-state index contributed by atoms with van der Waals surface area (Å²) in [7, 11) is 0. The van der Waals surface area contributed by atoms with Gasteiger partial charge in [-0.05, 0) is 70.6 Å². The Kier molecular flexibility index (Phi) is 6.64. The Balaban J connectivity index is 1.98. The number of allylic oxidation sites excluding steroid dienone is 1. The van der Waals surface area contributed by atoms with Gasteiger partial charge in [0.15, 0.2) is 0 Å². The summed E-state index contributed by atoms with van der Waals surface area (Å²) in [5.41, 5.74) is -0.0710. The summed E-state index contributed by atoms with van der Waals surface area (Å²) in [6.45, 7) is 12.3. The fourth-order valence-electron chi connectivity index (χ4n) is 4.91. The van der Waals surface area contributed by atoms with E-state index in [0.29, 0.717) is 36.7 Å². The second-order valence-electron chi connectivity index (χ2n) is 9.24. The second-order valence-corrected chi connectivity index (χ2v) is 9.24. The fraction of sp³-hybridized carbons (Fsp3) is 0.818. The minimum Gasteiger partial charge on any atom is -0.372 e. The standard InChI is InChI=1S/C22H36O3/c1-6-7-8-9-16(23)10-11-17-18-12-13-20(25-21(2,3)4)22(18,5)15-14-19(17)24/h6,17-18,20H,1,7-15H2,2-5H3/t17?,18?,20?,22-/m0/s1. The lowest BCUT2D eigenvalue weighted by atomic mass is 9.62. The number of ether oxygens (including phenoxy) is 1. The van der Waals surface area contributed by atoms with Crippen molar-refractivity contribution in [3.05, 3.63) is 12.7 Å². The molecule has 2 rings (SSSR count). The Morgan fingerprint density at radius 2 is 2.04 bits per heavy atom. The summed E-state index contributed by atoms with van der Waals surface area (Å²) < 4.78 is 6.36. The van der Waals surface area contributed by atoms with Crippen LogP contribution in [0.3, 0.4) is 0 Å². The molecular formula is C22H36O3. The number of carbonyl (C=O) groups excluding carboxylic acids is 2. The predicted molar refractivity (Wildman–Crippen MR) is 101 cm³/mol. The van der Waals surface area contributed by atoms with E-state index in [1.165, 1.54) is 0 Å². The highest BCUT2D eigenvalue weighted by atomic mass is 16.5. The van der Waals surface area contributed by atoms with Crippen molar-refractivity contribution in [3.63, 3.8) is 0 Å². The first-order valence-corrected chi connectivity index (χ1v) is 10.0. The third-order valence-corrected chi connectivity index (χ3v) is 6.23. The minimum absolute atomic E-state index is 0.0515. The van der Waals surface area contributed by atoms with Crippen LogP contribution in [-0.4, -0.2) is 23.3 Å². The lowest BCUT2D eigenvalue weighted by Gasteiger charge is -2.45. The molecule has 2 aliphatic rings. The van der Waals surface area contributed by atoms with Gasteiger partial charge >= 0.3 is 0 Å². The normalized spacial score (nSPS) is 32.5. The van der Waals surface area contributed by atoms with Crippen LogP contribution in [0.2, 0.25) is 0 Å². The van der Waals surface area contributed by atoms with Gasteiger partial charge in [-0.1, -0.05) is 13.0 Å². The lowest BCUT2D eigenvalue weighted by molar-refractivity contribution is -0.144. The maximum Gasteiger partial charge on any atom is 0.136 e. The van der Waals surface area contributed by atoms with Crippen molar-refractivity contribution >= 4 is 11.6 Å². The number of ketones is 2. The van der Waals surface area contributed by atoms with Crippen LogP contribution in [0.1, 0.15) is 85.5 Å². The van der Waals surface area contributed by atoms with Crippen molar-refractivity contribution in [1.29, 1.82) is 0 Å². The zero-order chi connectivity index (χ0) is 18.7.